The third-order valence-electron chi connectivity index (χ3n) is 4.16. The van der Waals surface area contributed by atoms with Gasteiger partial charge in [-0.3, -0.25) is 0 Å². The predicted octanol–water partition coefficient (Wildman–Crippen LogP) is 4.43. The summed E-state index contributed by atoms with van der Waals surface area (Å²) in [5, 5.41) is 0. The lowest BCUT2D eigenvalue weighted by atomic mass is 9.97. The van der Waals surface area contributed by atoms with Crippen LogP contribution in [0.3, 0.4) is 0 Å². The Labute approximate surface area is 159 Å². The van der Waals surface area contributed by atoms with Gasteiger partial charge in [-0.15, -0.1) is 0 Å². The Morgan fingerprint density at radius 2 is 1.74 bits per heavy atom. The van der Waals surface area contributed by atoms with E-state index in [0.29, 0.717) is 18.6 Å². The summed E-state index contributed by atoms with van der Waals surface area (Å²) < 4.78 is 29.3. The number of methoxy groups -OCH3 is 2. The molecule has 1 unspecified atom stereocenters. The zero-order chi connectivity index (χ0) is 19.8. The van der Waals surface area contributed by atoms with Crippen LogP contribution in [0.25, 0.3) is 11.1 Å². The Morgan fingerprint density at radius 1 is 1.07 bits per heavy atom. The molecule has 0 aromatic heterocycles. The van der Waals surface area contributed by atoms with Gasteiger partial charge in [-0.2, -0.15) is 0 Å². The summed E-state index contributed by atoms with van der Waals surface area (Å²) in [6.07, 6.45) is 0.703. The summed E-state index contributed by atoms with van der Waals surface area (Å²) in [7, 11) is 3.06. The highest BCUT2D eigenvalue weighted by Gasteiger charge is 2.14. The first-order valence-corrected chi connectivity index (χ1v) is 8.69. The summed E-state index contributed by atoms with van der Waals surface area (Å²) >= 11 is 0. The van der Waals surface area contributed by atoms with E-state index in [4.69, 9.17) is 14.2 Å². The number of hydrogen-bond acceptors (Lipinski definition) is 4. The minimum absolute atomic E-state index is 0.0441. The van der Waals surface area contributed by atoms with Gasteiger partial charge in [-0.25, -0.2) is 9.18 Å². The van der Waals surface area contributed by atoms with Crippen LogP contribution in [-0.4, -0.2) is 33.4 Å². The minimum atomic E-state index is -0.395. The third kappa shape index (κ3) is 5.93. The van der Waals surface area contributed by atoms with Gasteiger partial charge in [0.2, 0.25) is 0 Å². The predicted molar refractivity (Wildman–Crippen MR) is 103 cm³/mol. The van der Waals surface area contributed by atoms with Crippen molar-refractivity contribution in [2.75, 3.05) is 27.4 Å². The number of esters is 1. The Kier molecular flexibility index (Phi) is 7.55. The van der Waals surface area contributed by atoms with Gasteiger partial charge < -0.3 is 14.2 Å². The standard InChI is InChI=1S/C22H25FO4/c1-15(2)22(24)27-14-17(13-25-3)11-16-5-7-18(8-6-16)19-9-10-21(26-4)20(23)12-19/h5-10,12,17H,1,11,13-14H2,2-4H3. The second kappa shape index (κ2) is 9.88. The van der Waals surface area contributed by atoms with Crippen molar-refractivity contribution in [2.24, 2.45) is 5.92 Å². The molecule has 2 aromatic carbocycles. The van der Waals surface area contributed by atoms with Gasteiger partial charge in [-0.1, -0.05) is 36.9 Å². The maximum atomic E-state index is 13.9. The molecule has 5 heteroatoms. The smallest absolute Gasteiger partial charge is 0.333 e. The van der Waals surface area contributed by atoms with Crippen LogP contribution in [-0.2, 0) is 20.7 Å². The van der Waals surface area contributed by atoms with Crippen molar-refractivity contribution in [3.8, 4) is 16.9 Å². The number of hydrogen-bond donors (Lipinski definition) is 0. The lowest BCUT2D eigenvalue weighted by Gasteiger charge is -2.16. The molecule has 0 aliphatic carbocycles. The van der Waals surface area contributed by atoms with Crippen molar-refractivity contribution in [3.63, 3.8) is 0 Å². The van der Waals surface area contributed by atoms with Gasteiger partial charge in [-0.05, 0) is 42.2 Å². The fourth-order valence-electron chi connectivity index (χ4n) is 2.73. The van der Waals surface area contributed by atoms with Crippen molar-refractivity contribution in [1.29, 1.82) is 0 Å². The zero-order valence-electron chi connectivity index (χ0n) is 16.0. The lowest BCUT2D eigenvalue weighted by Crippen LogP contribution is -2.20. The molecule has 0 spiro atoms. The van der Waals surface area contributed by atoms with E-state index in [9.17, 15) is 9.18 Å². The maximum Gasteiger partial charge on any atom is 0.333 e. The molecule has 0 aliphatic heterocycles. The van der Waals surface area contributed by atoms with E-state index in [1.165, 1.54) is 13.2 Å². The van der Waals surface area contributed by atoms with E-state index in [-0.39, 0.29) is 18.3 Å². The first kappa shape index (κ1) is 20.6. The summed E-state index contributed by atoms with van der Waals surface area (Å²) in [6, 6.07) is 12.8. The quantitative estimate of drug-likeness (QED) is 0.483. The zero-order valence-corrected chi connectivity index (χ0v) is 16.0. The Balaban J connectivity index is 2.05. The lowest BCUT2D eigenvalue weighted by molar-refractivity contribution is -0.140. The van der Waals surface area contributed by atoms with Crippen molar-refractivity contribution in [2.45, 2.75) is 13.3 Å². The summed E-state index contributed by atoms with van der Waals surface area (Å²) in [6.45, 7) is 5.95. The second-order valence-electron chi connectivity index (χ2n) is 6.45. The molecular weight excluding hydrogens is 347 g/mol. The van der Waals surface area contributed by atoms with Crippen molar-refractivity contribution < 1.29 is 23.4 Å². The summed E-state index contributed by atoms with van der Waals surface area (Å²) in [5.74, 6) is -0.517. The number of ether oxygens (including phenoxy) is 3. The van der Waals surface area contributed by atoms with Crippen molar-refractivity contribution in [3.05, 3.63) is 66.0 Å². The highest BCUT2D eigenvalue weighted by atomic mass is 19.1. The number of carbonyl (C=O) groups excluding carboxylic acids is 1. The van der Waals surface area contributed by atoms with Gasteiger partial charge in [0.15, 0.2) is 11.6 Å². The second-order valence-corrected chi connectivity index (χ2v) is 6.45. The molecule has 0 aliphatic rings. The molecule has 0 saturated heterocycles. The van der Waals surface area contributed by atoms with Crippen LogP contribution in [0.2, 0.25) is 0 Å². The van der Waals surface area contributed by atoms with E-state index < -0.39 is 11.8 Å². The maximum absolute atomic E-state index is 13.9. The number of carbonyl (C=O) groups is 1. The SMILES string of the molecule is C=C(C)C(=O)OCC(COC)Cc1ccc(-c2ccc(OC)c(F)c2)cc1. The van der Waals surface area contributed by atoms with E-state index in [1.54, 1.807) is 20.1 Å². The van der Waals surface area contributed by atoms with Crippen molar-refractivity contribution >= 4 is 5.97 Å². The summed E-state index contributed by atoms with van der Waals surface area (Å²) in [5.41, 5.74) is 3.16. The van der Waals surface area contributed by atoms with Crippen LogP contribution in [0.5, 0.6) is 5.75 Å². The third-order valence-corrected chi connectivity index (χ3v) is 4.16. The number of halogens is 1. The van der Waals surface area contributed by atoms with Crippen LogP contribution in [0, 0.1) is 11.7 Å². The fourth-order valence-corrected chi connectivity index (χ4v) is 2.73. The van der Waals surface area contributed by atoms with Crippen LogP contribution < -0.4 is 4.74 Å². The van der Waals surface area contributed by atoms with Crippen LogP contribution in [0.15, 0.2) is 54.6 Å². The highest BCUT2D eigenvalue weighted by molar-refractivity contribution is 5.86. The van der Waals surface area contributed by atoms with Crippen LogP contribution in [0.1, 0.15) is 12.5 Å². The molecule has 0 bridgehead atoms. The largest absolute Gasteiger partial charge is 0.494 e. The molecule has 0 N–H and O–H groups in total. The Hall–Kier alpha value is -2.66. The number of benzene rings is 2. The molecule has 2 rings (SSSR count). The topological polar surface area (TPSA) is 44.8 Å². The van der Waals surface area contributed by atoms with Gasteiger partial charge >= 0.3 is 5.97 Å². The summed E-state index contributed by atoms with van der Waals surface area (Å²) in [4.78, 5) is 11.6. The monoisotopic (exact) mass is 372 g/mol. The molecule has 0 saturated carbocycles. The molecule has 2 aromatic rings. The van der Waals surface area contributed by atoms with Gasteiger partial charge in [0.25, 0.3) is 0 Å². The van der Waals surface area contributed by atoms with Crippen molar-refractivity contribution in [1.82, 2.24) is 0 Å². The van der Waals surface area contributed by atoms with Crippen LogP contribution >= 0.6 is 0 Å². The fraction of sp³-hybridized carbons (Fsp3) is 0.318. The molecule has 0 fully saturated rings. The average molecular weight is 372 g/mol. The average Bonchev–Trinajstić information content (AvgIpc) is 2.66. The molecule has 1 atom stereocenters. The molecule has 0 radical (unpaired) electrons. The van der Waals surface area contributed by atoms with E-state index in [0.717, 1.165) is 16.7 Å². The molecule has 0 heterocycles. The van der Waals surface area contributed by atoms with Gasteiger partial charge in [0, 0.05) is 18.6 Å². The normalized spacial score (nSPS) is 11.7. The van der Waals surface area contributed by atoms with Gasteiger partial charge in [0.1, 0.15) is 0 Å². The molecular formula is C22H25FO4. The first-order chi connectivity index (χ1) is 12.9. The Bertz CT molecular complexity index is 783. The van der Waals surface area contributed by atoms with Crippen LogP contribution in [0.4, 0.5) is 4.39 Å². The highest BCUT2D eigenvalue weighted by Crippen LogP contribution is 2.26. The number of rotatable bonds is 9. The van der Waals surface area contributed by atoms with E-state index in [2.05, 4.69) is 6.58 Å². The molecule has 4 nitrogen and oxygen atoms in total. The molecule has 144 valence electrons. The molecule has 27 heavy (non-hydrogen) atoms. The Morgan fingerprint density at radius 3 is 2.30 bits per heavy atom. The van der Waals surface area contributed by atoms with E-state index in [1.807, 2.05) is 30.3 Å². The first-order valence-electron chi connectivity index (χ1n) is 8.69. The minimum Gasteiger partial charge on any atom is -0.494 e. The molecule has 0 amide bonds. The van der Waals surface area contributed by atoms with Gasteiger partial charge in [0.05, 0.1) is 20.3 Å². The van der Waals surface area contributed by atoms with E-state index >= 15 is 0 Å².